The highest BCUT2D eigenvalue weighted by Gasteiger charge is 2.37. The average Bonchev–Trinajstić information content (AvgIpc) is 2.66. The molecule has 7 nitrogen and oxygen atoms in total. The quantitative estimate of drug-likeness (QED) is 0.708. The van der Waals surface area contributed by atoms with Crippen LogP contribution in [0.1, 0.15) is 24.2 Å². The lowest BCUT2D eigenvalue weighted by atomic mass is 9.96. The number of anilines is 1. The topological polar surface area (TPSA) is 91.8 Å². The number of carbonyl (C=O) groups excluding carboxylic acids is 1. The molecule has 1 aromatic carbocycles. The van der Waals surface area contributed by atoms with Crippen molar-refractivity contribution in [2.45, 2.75) is 39.0 Å². The Morgan fingerprint density at radius 1 is 1.30 bits per heavy atom. The van der Waals surface area contributed by atoms with E-state index < -0.39 is 26.1 Å². The van der Waals surface area contributed by atoms with Gasteiger partial charge in [-0.25, -0.2) is 14.2 Å². The van der Waals surface area contributed by atoms with Gasteiger partial charge in [-0.15, -0.1) is 0 Å². The number of amides is 2. The van der Waals surface area contributed by atoms with E-state index in [1.165, 1.54) is 6.07 Å². The van der Waals surface area contributed by atoms with E-state index in [9.17, 15) is 19.1 Å². The second-order valence-electron chi connectivity index (χ2n) is 8.18. The first-order valence-electron chi connectivity index (χ1n) is 9.85. The number of hydrogen-bond acceptors (Lipinski definition) is 4. The Labute approximate surface area is 175 Å². The van der Waals surface area contributed by atoms with Crippen LogP contribution in [0.3, 0.4) is 0 Å². The van der Waals surface area contributed by atoms with Gasteiger partial charge in [-0.3, -0.25) is 9.69 Å². The first-order chi connectivity index (χ1) is 14.1. The maximum Gasteiger partial charge on any atom is 0.408 e. The highest BCUT2D eigenvalue weighted by molar-refractivity contribution is 6.88. The molecule has 0 radical (unpaired) electrons. The molecule has 1 atom stereocenters. The van der Waals surface area contributed by atoms with Crippen molar-refractivity contribution in [3.63, 3.8) is 0 Å². The molecule has 0 saturated heterocycles. The molecule has 0 fully saturated rings. The van der Waals surface area contributed by atoms with E-state index in [1.807, 2.05) is 26.6 Å². The summed E-state index contributed by atoms with van der Waals surface area (Å²) < 4.78 is 20.0. The summed E-state index contributed by atoms with van der Waals surface area (Å²) in [6, 6.07) is 6.85. The number of halogens is 1. The molecule has 160 valence electrons. The fraction of sp³-hybridized carbons (Fsp3) is 0.381. The Hall–Kier alpha value is -2.94. The highest BCUT2D eigenvalue weighted by Crippen LogP contribution is 2.31. The van der Waals surface area contributed by atoms with Gasteiger partial charge < -0.3 is 15.2 Å². The molecule has 0 spiro atoms. The molecule has 1 aromatic heterocycles. The van der Waals surface area contributed by atoms with Crippen LogP contribution in [0.25, 0.3) is 0 Å². The van der Waals surface area contributed by atoms with E-state index in [2.05, 4.69) is 10.3 Å². The minimum Gasteiger partial charge on any atom is -0.478 e. The molecule has 1 aliphatic heterocycles. The van der Waals surface area contributed by atoms with Crippen LogP contribution < -0.4 is 15.2 Å². The zero-order valence-corrected chi connectivity index (χ0v) is 18.5. The average molecular weight is 432 g/mol. The molecule has 0 saturated carbocycles. The molecule has 0 aliphatic carbocycles. The number of ether oxygens (including phenoxy) is 1. The normalized spacial score (nSPS) is 16.0. The Balaban J connectivity index is 1.91. The SMILES string of the molecule is CCOc1ccc2c(n1)CCN(C(=O)O)[C@H]2C(=O)Nc1ccc([Si](C)(C)C)c(F)c1. The third-order valence-electron chi connectivity index (χ3n) is 5.01. The molecule has 2 amide bonds. The van der Waals surface area contributed by atoms with Crippen LogP contribution in [0.4, 0.5) is 14.9 Å². The summed E-state index contributed by atoms with van der Waals surface area (Å²) >= 11 is 0. The van der Waals surface area contributed by atoms with Crippen LogP contribution in [0.15, 0.2) is 30.3 Å². The first kappa shape index (κ1) is 21.8. The van der Waals surface area contributed by atoms with Gasteiger partial charge in [0.15, 0.2) is 0 Å². The monoisotopic (exact) mass is 431 g/mol. The number of nitrogens with zero attached hydrogens (tertiary/aromatic N) is 2. The number of hydrogen-bond donors (Lipinski definition) is 2. The smallest absolute Gasteiger partial charge is 0.408 e. The van der Waals surface area contributed by atoms with Crippen molar-refractivity contribution >= 4 is 30.9 Å². The van der Waals surface area contributed by atoms with Crippen LogP contribution in [-0.4, -0.2) is 48.2 Å². The van der Waals surface area contributed by atoms with Gasteiger partial charge in [0.05, 0.1) is 20.4 Å². The lowest BCUT2D eigenvalue weighted by Gasteiger charge is -2.33. The van der Waals surface area contributed by atoms with Gasteiger partial charge in [-0.2, -0.15) is 0 Å². The Morgan fingerprint density at radius 2 is 2.03 bits per heavy atom. The molecule has 9 heteroatoms. The second-order valence-corrected chi connectivity index (χ2v) is 13.2. The minimum atomic E-state index is -1.85. The van der Waals surface area contributed by atoms with Gasteiger partial charge in [0.1, 0.15) is 11.9 Å². The Bertz CT molecular complexity index is 977. The summed E-state index contributed by atoms with van der Waals surface area (Å²) in [5.74, 6) is -0.484. The number of nitrogens with one attached hydrogen (secondary N) is 1. The lowest BCUT2D eigenvalue weighted by molar-refractivity contribution is -0.121. The van der Waals surface area contributed by atoms with Crippen LogP contribution in [-0.2, 0) is 11.2 Å². The molecule has 2 N–H and O–H groups in total. The van der Waals surface area contributed by atoms with Crippen LogP contribution >= 0.6 is 0 Å². The number of pyridine rings is 1. The molecule has 3 rings (SSSR count). The fourth-order valence-electron chi connectivity index (χ4n) is 3.59. The van der Waals surface area contributed by atoms with Gasteiger partial charge in [-0.05, 0) is 30.3 Å². The largest absolute Gasteiger partial charge is 0.478 e. The lowest BCUT2D eigenvalue weighted by Crippen LogP contribution is -2.45. The van der Waals surface area contributed by atoms with E-state index in [0.29, 0.717) is 35.4 Å². The van der Waals surface area contributed by atoms with E-state index in [0.717, 1.165) is 4.90 Å². The number of carbonyl (C=O) groups is 2. The summed E-state index contributed by atoms with van der Waals surface area (Å²) in [5.41, 5.74) is 1.42. The predicted molar refractivity (Wildman–Crippen MR) is 115 cm³/mol. The zero-order chi connectivity index (χ0) is 22.1. The molecule has 0 bridgehead atoms. The molecular formula is C21H26FN3O4Si. The standard InChI is InChI=1S/C21H26FN3O4Si/c1-5-29-18-9-7-14-16(24-18)10-11-25(21(27)28)19(14)20(26)23-13-6-8-17(15(22)12-13)30(2,3)4/h6-9,12,19H,5,10-11H2,1-4H3,(H,23,26)(H,27,28)/t19-/m1/s1. The van der Waals surface area contributed by atoms with Gasteiger partial charge in [-0.1, -0.05) is 25.7 Å². The number of fused-ring (bicyclic) bond motifs is 1. The second kappa shape index (κ2) is 8.43. The zero-order valence-electron chi connectivity index (χ0n) is 17.5. The molecule has 2 aromatic rings. The minimum absolute atomic E-state index is 0.131. The number of aromatic nitrogens is 1. The number of benzene rings is 1. The highest BCUT2D eigenvalue weighted by atomic mass is 28.3. The van der Waals surface area contributed by atoms with Crippen molar-refractivity contribution in [1.29, 1.82) is 0 Å². The third-order valence-corrected chi connectivity index (χ3v) is 7.03. The van der Waals surface area contributed by atoms with E-state index in [1.54, 1.807) is 24.3 Å². The van der Waals surface area contributed by atoms with Gasteiger partial charge >= 0.3 is 6.09 Å². The molecule has 0 unspecified atom stereocenters. The van der Waals surface area contributed by atoms with Crippen molar-refractivity contribution in [1.82, 2.24) is 9.88 Å². The summed E-state index contributed by atoms with van der Waals surface area (Å²) in [4.78, 5) is 30.3. The third kappa shape index (κ3) is 4.45. The maximum atomic E-state index is 14.6. The number of rotatable bonds is 5. The van der Waals surface area contributed by atoms with Crippen molar-refractivity contribution < 1.29 is 23.8 Å². The van der Waals surface area contributed by atoms with Gasteiger partial charge in [0.2, 0.25) is 5.88 Å². The van der Waals surface area contributed by atoms with Crippen molar-refractivity contribution in [2.75, 3.05) is 18.5 Å². The van der Waals surface area contributed by atoms with Crippen LogP contribution in [0.2, 0.25) is 19.6 Å². The van der Waals surface area contributed by atoms with Gasteiger partial charge in [0.25, 0.3) is 5.91 Å². The molecular weight excluding hydrogens is 405 g/mol. The van der Waals surface area contributed by atoms with Gasteiger partial charge in [0, 0.05) is 30.3 Å². The number of carboxylic acid groups (broad SMARTS) is 1. The summed E-state index contributed by atoms with van der Waals surface area (Å²) in [7, 11) is -1.85. The van der Waals surface area contributed by atoms with E-state index >= 15 is 0 Å². The maximum absolute atomic E-state index is 14.6. The summed E-state index contributed by atoms with van der Waals surface area (Å²) in [6.45, 7) is 8.54. The summed E-state index contributed by atoms with van der Waals surface area (Å²) in [6.07, 6.45) is -0.818. The van der Waals surface area contributed by atoms with Crippen molar-refractivity contribution in [3.05, 3.63) is 47.4 Å². The van der Waals surface area contributed by atoms with Crippen molar-refractivity contribution in [2.24, 2.45) is 0 Å². The predicted octanol–water partition coefficient (Wildman–Crippen LogP) is 3.38. The van der Waals surface area contributed by atoms with E-state index in [-0.39, 0.29) is 18.0 Å². The van der Waals surface area contributed by atoms with Crippen LogP contribution in [0.5, 0.6) is 5.88 Å². The first-order valence-corrected chi connectivity index (χ1v) is 13.3. The molecule has 2 heterocycles. The fourth-order valence-corrected chi connectivity index (χ4v) is 4.97. The Morgan fingerprint density at radius 3 is 2.63 bits per heavy atom. The van der Waals surface area contributed by atoms with Crippen molar-refractivity contribution in [3.8, 4) is 5.88 Å². The molecule has 30 heavy (non-hydrogen) atoms. The molecule has 1 aliphatic rings. The Kier molecular flexibility index (Phi) is 6.11. The van der Waals surface area contributed by atoms with E-state index in [4.69, 9.17) is 4.74 Å². The summed E-state index contributed by atoms with van der Waals surface area (Å²) in [5, 5.41) is 12.9. The van der Waals surface area contributed by atoms with Crippen LogP contribution in [0, 0.1) is 5.82 Å².